The Bertz CT molecular complexity index is 644. The normalized spacial score (nSPS) is 11.5. The standard InChI is InChI=1S/C15H15FO2S/c1-2-12-3-5-13(6-4-12)11-19(17,18)15-9-7-14(16)8-10-15/h3-10H,2,11H2,1H3. The van der Waals surface area contributed by atoms with Gasteiger partial charge in [-0.1, -0.05) is 31.2 Å². The van der Waals surface area contributed by atoms with Crippen molar-refractivity contribution in [2.75, 3.05) is 0 Å². The monoisotopic (exact) mass is 278 g/mol. The fourth-order valence-electron chi connectivity index (χ4n) is 1.82. The van der Waals surface area contributed by atoms with Gasteiger partial charge in [-0.3, -0.25) is 0 Å². The van der Waals surface area contributed by atoms with E-state index >= 15 is 0 Å². The van der Waals surface area contributed by atoms with E-state index < -0.39 is 15.7 Å². The van der Waals surface area contributed by atoms with Crippen LogP contribution in [-0.2, 0) is 22.0 Å². The number of hydrogen-bond acceptors (Lipinski definition) is 2. The summed E-state index contributed by atoms with van der Waals surface area (Å²) in [5.74, 6) is -0.505. The number of hydrogen-bond donors (Lipinski definition) is 0. The molecule has 2 aromatic rings. The first-order valence-electron chi connectivity index (χ1n) is 6.07. The van der Waals surface area contributed by atoms with Gasteiger partial charge in [-0.15, -0.1) is 0 Å². The van der Waals surface area contributed by atoms with Crippen molar-refractivity contribution in [2.24, 2.45) is 0 Å². The maximum Gasteiger partial charge on any atom is 0.182 e. The molecule has 0 heterocycles. The van der Waals surface area contributed by atoms with Crippen molar-refractivity contribution in [3.8, 4) is 0 Å². The zero-order valence-electron chi connectivity index (χ0n) is 10.6. The maximum atomic E-state index is 12.8. The number of sulfone groups is 1. The Morgan fingerprint density at radius 1 is 0.895 bits per heavy atom. The van der Waals surface area contributed by atoms with Gasteiger partial charge < -0.3 is 0 Å². The van der Waals surface area contributed by atoms with E-state index in [-0.39, 0.29) is 10.6 Å². The third-order valence-electron chi connectivity index (χ3n) is 2.96. The SMILES string of the molecule is CCc1ccc(CS(=O)(=O)c2ccc(F)cc2)cc1. The highest BCUT2D eigenvalue weighted by molar-refractivity contribution is 7.90. The first kappa shape index (κ1) is 13.7. The zero-order valence-corrected chi connectivity index (χ0v) is 11.5. The van der Waals surface area contributed by atoms with Crippen LogP contribution in [0.5, 0.6) is 0 Å². The molecule has 0 fully saturated rings. The van der Waals surface area contributed by atoms with E-state index in [1.807, 2.05) is 31.2 Å². The molecule has 100 valence electrons. The van der Waals surface area contributed by atoms with Crippen LogP contribution in [0.3, 0.4) is 0 Å². The van der Waals surface area contributed by atoms with Crippen LogP contribution in [0.2, 0.25) is 0 Å². The van der Waals surface area contributed by atoms with Crippen molar-refractivity contribution in [1.82, 2.24) is 0 Å². The Morgan fingerprint density at radius 2 is 1.42 bits per heavy atom. The largest absolute Gasteiger partial charge is 0.223 e. The predicted molar refractivity (Wildman–Crippen MR) is 73.1 cm³/mol. The number of aryl methyl sites for hydroxylation is 1. The van der Waals surface area contributed by atoms with Gasteiger partial charge >= 0.3 is 0 Å². The zero-order chi connectivity index (χ0) is 13.9. The number of rotatable bonds is 4. The summed E-state index contributed by atoms with van der Waals surface area (Å²) < 4.78 is 37.1. The predicted octanol–water partition coefficient (Wildman–Crippen LogP) is 3.36. The molecule has 0 spiro atoms. The number of benzene rings is 2. The summed E-state index contributed by atoms with van der Waals surface area (Å²) in [6, 6.07) is 12.4. The van der Waals surface area contributed by atoms with Gasteiger partial charge in [0.15, 0.2) is 9.84 Å². The van der Waals surface area contributed by atoms with E-state index in [1.54, 1.807) is 0 Å². The van der Waals surface area contributed by atoms with Crippen LogP contribution in [0.1, 0.15) is 18.1 Å². The van der Waals surface area contributed by atoms with Crippen molar-refractivity contribution in [3.63, 3.8) is 0 Å². The second kappa shape index (κ2) is 5.53. The molecule has 0 atom stereocenters. The van der Waals surface area contributed by atoms with Crippen LogP contribution >= 0.6 is 0 Å². The molecule has 4 heteroatoms. The third kappa shape index (κ3) is 3.41. The summed E-state index contributed by atoms with van der Waals surface area (Å²) in [5.41, 5.74) is 1.91. The second-order valence-corrected chi connectivity index (χ2v) is 6.37. The summed E-state index contributed by atoms with van der Waals surface area (Å²) in [6.07, 6.45) is 0.922. The van der Waals surface area contributed by atoms with Crippen LogP contribution in [0.25, 0.3) is 0 Å². The smallest absolute Gasteiger partial charge is 0.182 e. The lowest BCUT2D eigenvalue weighted by atomic mass is 10.1. The molecule has 2 nitrogen and oxygen atoms in total. The molecule has 0 saturated carbocycles. The van der Waals surface area contributed by atoms with Crippen LogP contribution in [0.15, 0.2) is 53.4 Å². The molecule has 0 unspecified atom stereocenters. The molecule has 0 aliphatic rings. The fraction of sp³-hybridized carbons (Fsp3) is 0.200. The molecule has 0 bridgehead atoms. The quantitative estimate of drug-likeness (QED) is 0.804. The van der Waals surface area contributed by atoms with Crippen LogP contribution < -0.4 is 0 Å². The summed E-state index contributed by atoms with van der Waals surface area (Å²) in [4.78, 5) is 0.147. The molecular weight excluding hydrogens is 263 g/mol. The molecule has 0 radical (unpaired) electrons. The topological polar surface area (TPSA) is 34.1 Å². The third-order valence-corrected chi connectivity index (χ3v) is 4.66. The summed E-state index contributed by atoms with van der Waals surface area (Å²) in [7, 11) is -3.42. The van der Waals surface area contributed by atoms with Crippen molar-refractivity contribution in [3.05, 3.63) is 65.5 Å². The fourth-order valence-corrected chi connectivity index (χ4v) is 3.16. The van der Waals surface area contributed by atoms with E-state index in [9.17, 15) is 12.8 Å². The highest BCUT2D eigenvalue weighted by Gasteiger charge is 2.15. The molecule has 0 aromatic heterocycles. The van der Waals surface area contributed by atoms with E-state index in [2.05, 4.69) is 0 Å². The van der Waals surface area contributed by atoms with E-state index in [4.69, 9.17) is 0 Å². The Labute approximate surface area is 112 Å². The molecule has 0 aliphatic heterocycles. The summed E-state index contributed by atoms with van der Waals surface area (Å²) in [5, 5.41) is 0. The molecule has 0 aliphatic carbocycles. The second-order valence-electron chi connectivity index (χ2n) is 4.38. The average molecular weight is 278 g/mol. The van der Waals surface area contributed by atoms with E-state index in [1.165, 1.54) is 17.7 Å². The minimum Gasteiger partial charge on any atom is -0.223 e. The number of halogens is 1. The lowest BCUT2D eigenvalue weighted by Crippen LogP contribution is -2.05. The highest BCUT2D eigenvalue weighted by Crippen LogP contribution is 2.17. The van der Waals surface area contributed by atoms with E-state index in [0.717, 1.165) is 24.1 Å². The Hall–Kier alpha value is -1.68. The summed E-state index contributed by atoms with van der Waals surface area (Å²) in [6.45, 7) is 2.05. The van der Waals surface area contributed by atoms with Crippen LogP contribution in [0.4, 0.5) is 4.39 Å². The minimum absolute atomic E-state index is 0.0668. The van der Waals surface area contributed by atoms with Gasteiger partial charge in [0.05, 0.1) is 10.6 Å². The van der Waals surface area contributed by atoms with Crippen molar-refractivity contribution in [1.29, 1.82) is 0 Å². The first-order chi connectivity index (χ1) is 9.01. The molecule has 2 aromatic carbocycles. The molecule has 0 N–H and O–H groups in total. The molecule has 2 rings (SSSR count). The molecule has 19 heavy (non-hydrogen) atoms. The van der Waals surface area contributed by atoms with E-state index in [0.29, 0.717) is 0 Å². The Kier molecular flexibility index (Phi) is 4.00. The molecule has 0 amide bonds. The summed E-state index contributed by atoms with van der Waals surface area (Å²) >= 11 is 0. The van der Waals surface area contributed by atoms with Crippen molar-refractivity contribution < 1.29 is 12.8 Å². The van der Waals surface area contributed by atoms with Crippen LogP contribution in [0, 0.1) is 5.82 Å². The maximum absolute atomic E-state index is 12.8. The lowest BCUT2D eigenvalue weighted by molar-refractivity contribution is 0.594. The average Bonchev–Trinajstić information content (AvgIpc) is 2.40. The Morgan fingerprint density at radius 3 is 1.95 bits per heavy atom. The van der Waals surface area contributed by atoms with Gasteiger partial charge in [-0.25, -0.2) is 12.8 Å². The van der Waals surface area contributed by atoms with Gasteiger partial charge in [-0.2, -0.15) is 0 Å². The van der Waals surface area contributed by atoms with Crippen LogP contribution in [-0.4, -0.2) is 8.42 Å². The van der Waals surface area contributed by atoms with Crippen molar-refractivity contribution in [2.45, 2.75) is 24.0 Å². The van der Waals surface area contributed by atoms with Gasteiger partial charge in [0.2, 0.25) is 0 Å². The first-order valence-corrected chi connectivity index (χ1v) is 7.72. The van der Waals surface area contributed by atoms with Crippen molar-refractivity contribution >= 4 is 9.84 Å². The van der Waals surface area contributed by atoms with Gasteiger partial charge in [0.1, 0.15) is 5.82 Å². The van der Waals surface area contributed by atoms with Gasteiger partial charge in [-0.05, 0) is 41.8 Å². The lowest BCUT2D eigenvalue weighted by Gasteiger charge is -2.05. The minimum atomic E-state index is -3.42. The highest BCUT2D eigenvalue weighted by atomic mass is 32.2. The van der Waals surface area contributed by atoms with Gasteiger partial charge in [0, 0.05) is 0 Å². The molecule has 0 saturated heterocycles. The molecular formula is C15H15FO2S. The van der Waals surface area contributed by atoms with Gasteiger partial charge in [0.25, 0.3) is 0 Å². The Balaban J connectivity index is 2.23.